The van der Waals surface area contributed by atoms with Crippen LogP contribution in [0.3, 0.4) is 0 Å². The van der Waals surface area contributed by atoms with E-state index in [9.17, 15) is 13.2 Å². The van der Waals surface area contributed by atoms with Crippen molar-refractivity contribution in [2.75, 3.05) is 16.8 Å². The first-order valence-electron chi connectivity index (χ1n) is 5.86. The molecule has 1 heterocycles. The predicted octanol–water partition coefficient (Wildman–Crippen LogP) is 4.05. The van der Waals surface area contributed by atoms with Crippen molar-refractivity contribution in [1.82, 2.24) is 0 Å². The van der Waals surface area contributed by atoms with Gasteiger partial charge in [-0.1, -0.05) is 13.8 Å². The molecule has 0 aromatic heterocycles. The summed E-state index contributed by atoms with van der Waals surface area (Å²) in [6.45, 7) is 4.33. The summed E-state index contributed by atoms with van der Waals surface area (Å²) >= 11 is 1.82. The second-order valence-corrected chi connectivity index (χ2v) is 6.51. The van der Waals surface area contributed by atoms with Gasteiger partial charge in [-0.3, -0.25) is 0 Å². The van der Waals surface area contributed by atoms with E-state index in [4.69, 9.17) is 0 Å². The molecule has 1 aromatic rings. The van der Waals surface area contributed by atoms with E-state index in [1.165, 1.54) is 0 Å². The van der Waals surface area contributed by atoms with Crippen LogP contribution in [0.2, 0.25) is 0 Å². The number of hydrogen-bond donors (Lipinski definition) is 1. The summed E-state index contributed by atoms with van der Waals surface area (Å²) in [6.07, 6.45) is 0.931. The lowest BCUT2D eigenvalue weighted by atomic mass is 9.88. The van der Waals surface area contributed by atoms with Gasteiger partial charge in [-0.15, -0.1) is 0 Å². The van der Waals surface area contributed by atoms with Crippen LogP contribution >= 0.6 is 11.8 Å². The average Bonchev–Trinajstić information content (AvgIpc) is 2.24. The Hall–Kier alpha value is -0.840. The van der Waals surface area contributed by atoms with Crippen molar-refractivity contribution in [3.63, 3.8) is 0 Å². The number of hydrogen-bond acceptors (Lipinski definition) is 2. The Balaban J connectivity index is 2.10. The number of nitrogens with one attached hydrogen (secondary N) is 1. The fraction of sp³-hybridized carbons (Fsp3) is 0.538. The van der Waals surface area contributed by atoms with Gasteiger partial charge in [0, 0.05) is 29.6 Å². The summed E-state index contributed by atoms with van der Waals surface area (Å²) in [5.74, 6) is -1.75. The molecule has 1 fully saturated rings. The Morgan fingerprint density at radius 3 is 2.39 bits per heavy atom. The van der Waals surface area contributed by atoms with Crippen molar-refractivity contribution in [3.8, 4) is 0 Å². The molecule has 18 heavy (non-hydrogen) atoms. The first kappa shape index (κ1) is 13.6. The topological polar surface area (TPSA) is 12.0 Å². The van der Waals surface area contributed by atoms with E-state index in [0.717, 1.165) is 30.1 Å². The minimum absolute atomic E-state index is 0.156. The third-order valence-corrected chi connectivity index (χ3v) is 4.59. The molecule has 0 spiro atoms. The second-order valence-electron chi connectivity index (χ2n) is 5.48. The Morgan fingerprint density at radius 2 is 1.83 bits per heavy atom. The van der Waals surface area contributed by atoms with Crippen molar-refractivity contribution in [3.05, 3.63) is 29.6 Å². The lowest BCUT2D eigenvalue weighted by Gasteiger charge is -2.35. The highest BCUT2D eigenvalue weighted by Gasteiger charge is 2.28. The van der Waals surface area contributed by atoms with Gasteiger partial charge in [-0.2, -0.15) is 11.8 Å². The molecule has 0 saturated carbocycles. The monoisotopic (exact) mass is 275 g/mol. The molecule has 2 rings (SSSR count). The summed E-state index contributed by atoms with van der Waals surface area (Å²) in [5, 5.41) is 3.08. The molecule has 1 nitrogen and oxygen atoms in total. The van der Waals surface area contributed by atoms with Crippen molar-refractivity contribution in [1.29, 1.82) is 0 Å². The molecule has 1 aliphatic heterocycles. The van der Waals surface area contributed by atoms with Crippen molar-refractivity contribution in [2.45, 2.75) is 26.3 Å². The van der Waals surface area contributed by atoms with Crippen LogP contribution in [0.5, 0.6) is 0 Å². The van der Waals surface area contributed by atoms with Gasteiger partial charge < -0.3 is 5.32 Å². The number of thioether (sulfide) groups is 1. The van der Waals surface area contributed by atoms with Gasteiger partial charge in [0.2, 0.25) is 0 Å². The number of benzene rings is 1. The quantitative estimate of drug-likeness (QED) is 0.817. The molecule has 1 N–H and O–H groups in total. The Labute approximate surface area is 109 Å². The van der Waals surface area contributed by atoms with E-state index in [-0.39, 0.29) is 11.5 Å². The molecule has 1 aromatic carbocycles. The lowest BCUT2D eigenvalue weighted by molar-refractivity contribution is 0.358. The fourth-order valence-electron chi connectivity index (χ4n) is 2.23. The smallest absolute Gasteiger partial charge is 0.194 e. The lowest BCUT2D eigenvalue weighted by Crippen LogP contribution is -2.35. The van der Waals surface area contributed by atoms with Crippen molar-refractivity contribution < 1.29 is 13.2 Å². The minimum Gasteiger partial charge on any atom is -0.381 e. The van der Waals surface area contributed by atoms with E-state index in [1.54, 1.807) is 0 Å². The molecule has 100 valence electrons. The van der Waals surface area contributed by atoms with E-state index in [1.807, 2.05) is 11.8 Å². The van der Waals surface area contributed by atoms with Crippen LogP contribution in [0, 0.1) is 22.9 Å². The van der Waals surface area contributed by atoms with Gasteiger partial charge in [-0.05, 0) is 17.6 Å². The summed E-state index contributed by atoms with van der Waals surface area (Å²) in [4.78, 5) is 0. The normalized spacial score (nSPS) is 22.8. The number of halogens is 3. The Bertz CT molecular complexity index is 425. The minimum atomic E-state index is -1.42. The van der Waals surface area contributed by atoms with Gasteiger partial charge >= 0.3 is 0 Å². The molecule has 1 aliphatic rings. The van der Waals surface area contributed by atoms with Gasteiger partial charge in [0.15, 0.2) is 17.5 Å². The zero-order valence-corrected chi connectivity index (χ0v) is 11.2. The maximum Gasteiger partial charge on any atom is 0.194 e. The highest BCUT2D eigenvalue weighted by atomic mass is 32.2. The molecule has 0 amide bonds. The Morgan fingerprint density at radius 1 is 1.22 bits per heavy atom. The van der Waals surface area contributed by atoms with Gasteiger partial charge in [-0.25, -0.2) is 13.2 Å². The zero-order chi connectivity index (χ0) is 13.3. The predicted molar refractivity (Wildman–Crippen MR) is 69.4 cm³/mol. The molecule has 1 unspecified atom stereocenters. The second kappa shape index (κ2) is 5.03. The molecule has 1 saturated heterocycles. The maximum atomic E-state index is 13.1. The van der Waals surface area contributed by atoms with Crippen LogP contribution < -0.4 is 5.32 Å². The highest BCUT2D eigenvalue weighted by Crippen LogP contribution is 2.34. The van der Waals surface area contributed by atoms with Gasteiger partial charge in [0.25, 0.3) is 0 Å². The van der Waals surface area contributed by atoms with Crippen LogP contribution in [0.1, 0.15) is 20.3 Å². The molecule has 0 radical (unpaired) electrons. The van der Waals surface area contributed by atoms with Crippen LogP contribution in [-0.4, -0.2) is 17.5 Å². The third kappa shape index (κ3) is 3.13. The van der Waals surface area contributed by atoms with Gasteiger partial charge in [0.1, 0.15) is 0 Å². The molecular weight excluding hydrogens is 259 g/mol. The zero-order valence-electron chi connectivity index (χ0n) is 10.4. The fourth-order valence-corrected chi connectivity index (χ4v) is 3.50. The largest absolute Gasteiger partial charge is 0.381 e. The summed E-state index contributed by atoms with van der Waals surface area (Å²) < 4.78 is 39.0. The van der Waals surface area contributed by atoms with E-state index in [2.05, 4.69) is 19.2 Å². The molecule has 1 atom stereocenters. The summed E-state index contributed by atoms with van der Waals surface area (Å²) in [6, 6.07) is 2.16. The third-order valence-electron chi connectivity index (χ3n) is 2.97. The number of rotatable bonds is 2. The first-order valence-corrected chi connectivity index (χ1v) is 7.02. The van der Waals surface area contributed by atoms with E-state index < -0.39 is 17.5 Å². The standard InChI is InChI=1S/C13H16F3NS/c1-13(2)5-9(6-18-7-13)17-8-3-10(14)12(16)11(15)4-8/h3-4,9,17H,5-7H2,1-2H3. The van der Waals surface area contributed by atoms with Crippen LogP contribution in [0.4, 0.5) is 18.9 Å². The Kier molecular flexibility index (Phi) is 3.80. The van der Waals surface area contributed by atoms with Crippen LogP contribution in [0.15, 0.2) is 12.1 Å². The molecule has 0 bridgehead atoms. The summed E-state index contributed by atoms with van der Waals surface area (Å²) in [5.41, 5.74) is 0.507. The molecular formula is C13H16F3NS. The highest BCUT2D eigenvalue weighted by molar-refractivity contribution is 7.99. The van der Waals surface area contributed by atoms with Crippen LogP contribution in [0.25, 0.3) is 0 Å². The first-order chi connectivity index (χ1) is 8.37. The molecule has 0 aliphatic carbocycles. The average molecular weight is 275 g/mol. The van der Waals surface area contributed by atoms with Crippen molar-refractivity contribution in [2.24, 2.45) is 5.41 Å². The SMILES string of the molecule is CC1(C)CSCC(Nc2cc(F)c(F)c(F)c2)C1. The van der Waals surface area contributed by atoms with E-state index in [0.29, 0.717) is 5.69 Å². The van der Waals surface area contributed by atoms with Gasteiger partial charge in [0.05, 0.1) is 0 Å². The van der Waals surface area contributed by atoms with E-state index >= 15 is 0 Å². The maximum absolute atomic E-state index is 13.1. The number of anilines is 1. The summed E-state index contributed by atoms with van der Waals surface area (Å²) in [7, 11) is 0. The van der Waals surface area contributed by atoms with Crippen LogP contribution in [-0.2, 0) is 0 Å². The van der Waals surface area contributed by atoms with Crippen molar-refractivity contribution >= 4 is 17.4 Å². The molecule has 5 heteroatoms.